The fourth-order valence-electron chi connectivity index (χ4n) is 2.90. The number of rotatable bonds is 7. The number of carbonyl (C=O) groups excluding carboxylic acids is 2. The van der Waals surface area contributed by atoms with E-state index in [2.05, 4.69) is 26.1 Å². The normalized spacial score (nSPS) is 18.2. The number of nitrogens with two attached hydrogens (primary N) is 1. The summed E-state index contributed by atoms with van der Waals surface area (Å²) in [4.78, 5) is 25.8. The van der Waals surface area contributed by atoms with Crippen molar-refractivity contribution in [1.29, 1.82) is 0 Å². The van der Waals surface area contributed by atoms with Gasteiger partial charge >= 0.3 is 0 Å². The highest BCUT2D eigenvalue weighted by molar-refractivity contribution is 9.10. The lowest BCUT2D eigenvalue weighted by Gasteiger charge is -2.31. The van der Waals surface area contributed by atoms with Crippen LogP contribution in [0.25, 0.3) is 0 Å². The number of ether oxygens (including phenoxy) is 1. The number of nitrogens with one attached hydrogen (secondary N) is 1. The number of piperidine rings is 1. The minimum absolute atomic E-state index is 0.0407. The van der Waals surface area contributed by atoms with Crippen molar-refractivity contribution in [3.63, 3.8) is 0 Å². The number of likely N-dealkylation sites (tertiary alicyclic amines) is 1. The van der Waals surface area contributed by atoms with Crippen LogP contribution < -0.4 is 15.8 Å². The summed E-state index contributed by atoms with van der Waals surface area (Å²) in [5.41, 5.74) is 5.95. The SMILES string of the molecule is COc1ccc(Br)c(C(=O)NCCCN2CCCC(C(N)=O)C2)c1. The third-order valence-corrected chi connectivity index (χ3v) is 4.95. The van der Waals surface area contributed by atoms with E-state index in [0.29, 0.717) is 17.9 Å². The molecule has 1 fully saturated rings. The van der Waals surface area contributed by atoms with Gasteiger partial charge in [0.15, 0.2) is 0 Å². The maximum Gasteiger partial charge on any atom is 0.252 e. The molecule has 0 saturated carbocycles. The van der Waals surface area contributed by atoms with Crippen molar-refractivity contribution >= 4 is 27.7 Å². The number of nitrogens with zero attached hydrogens (tertiary/aromatic N) is 1. The zero-order valence-corrected chi connectivity index (χ0v) is 15.5. The first kappa shape index (κ1) is 18.7. The van der Waals surface area contributed by atoms with Crippen LogP contribution in [0.4, 0.5) is 0 Å². The topological polar surface area (TPSA) is 84.7 Å². The van der Waals surface area contributed by atoms with Gasteiger partial charge in [0.25, 0.3) is 5.91 Å². The van der Waals surface area contributed by atoms with Gasteiger partial charge in [-0.2, -0.15) is 0 Å². The Kier molecular flexibility index (Phi) is 7.05. The molecule has 2 rings (SSSR count). The number of hydrogen-bond donors (Lipinski definition) is 2. The molecular formula is C17H24BrN3O3. The van der Waals surface area contributed by atoms with Crippen LogP contribution in [0.15, 0.2) is 22.7 Å². The summed E-state index contributed by atoms with van der Waals surface area (Å²) in [7, 11) is 1.57. The molecule has 132 valence electrons. The van der Waals surface area contributed by atoms with Gasteiger partial charge in [-0.1, -0.05) is 0 Å². The Bertz CT molecular complexity index is 594. The Hall–Kier alpha value is -1.60. The van der Waals surface area contributed by atoms with Crippen molar-refractivity contribution in [3.05, 3.63) is 28.2 Å². The van der Waals surface area contributed by atoms with Crippen molar-refractivity contribution in [3.8, 4) is 5.75 Å². The quantitative estimate of drug-likeness (QED) is 0.686. The standard InChI is InChI=1S/C17H24BrN3O3/c1-24-13-5-6-15(18)14(10-13)17(23)20-7-3-9-21-8-2-4-12(11-21)16(19)22/h5-6,10,12H,2-4,7-9,11H2,1H3,(H2,19,22)(H,20,23). The molecule has 1 atom stereocenters. The molecule has 0 bridgehead atoms. The average Bonchev–Trinajstić information content (AvgIpc) is 2.59. The molecule has 1 aromatic carbocycles. The number of hydrogen-bond acceptors (Lipinski definition) is 4. The third kappa shape index (κ3) is 5.21. The van der Waals surface area contributed by atoms with E-state index in [-0.39, 0.29) is 17.7 Å². The van der Waals surface area contributed by atoms with E-state index in [4.69, 9.17) is 10.5 Å². The predicted octanol–water partition coefficient (Wildman–Crippen LogP) is 1.77. The summed E-state index contributed by atoms with van der Waals surface area (Å²) in [5, 5.41) is 2.92. The van der Waals surface area contributed by atoms with E-state index >= 15 is 0 Å². The maximum atomic E-state index is 12.3. The molecule has 1 aromatic rings. The average molecular weight is 398 g/mol. The Labute approximate surface area is 150 Å². The van der Waals surface area contributed by atoms with Crippen LogP contribution in [-0.4, -0.2) is 50.0 Å². The zero-order chi connectivity index (χ0) is 17.5. The third-order valence-electron chi connectivity index (χ3n) is 4.26. The lowest BCUT2D eigenvalue weighted by atomic mass is 9.97. The molecule has 0 aromatic heterocycles. The first-order valence-corrected chi connectivity index (χ1v) is 8.94. The van der Waals surface area contributed by atoms with Crippen LogP contribution in [0.3, 0.4) is 0 Å². The highest BCUT2D eigenvalue weighted by Crippen LogP contribution is 2.22. The van der Waals surface area contributed by atoms with Crippen molar-refractivity contribution in [2.24, 2.45) is 11.7 Å². The lowest BCUT2D eigenvalue weighted by Crippen LogP contribution is -2.42. The second-order valence-corrected chi connectivity index (χ2v) is 6.85. The fourth-order valence-corrected chi connectivity index (χ4v) is 3.32. The molecule has 1 unspecified atom stereocenters. The molecule has 1 heterocycles. The Morgan fingerprint density at radius 1 is 1.46 bits per heavy atom. The number of primary amides is 1. The summed E-state index contributed by atoms with van der Waals surface area (Å²) in [6, 6.07) is 5.30. The Morgan fingerprint density at radius 3 is 2.96 bits per heavy atom. The highest BCUT2D eigenvalue weighted by atomic mass is 79.9. The molecule has 0 spiro atoms. The van der Waals surface area contributed by atoms with E-state index in [1.165, 1.54) is 0 Å². The van der Waals surface area contributed by atoms with Gasteiger partial charge in [-0.25, -0.2) is 0 Å². The molecule has 1 aliphatic rings. The smallest absolute Gasteiger partial charge is 0.252 e. The number of halogens is 1. The summed E-state index contributed by atoms with van der Waals surface area (Å²) < 4.78 is 5.89. The molecule has 3 N–H and O–H groups in total. The van der Waals surface area contributed by atoms with Crippen molar-refractivity contribution in [2.75, 3.05) is 33.3 Å². The zero-order valence-electron chi connectivity index (χ0n) is 13.9. The van der Waals surface area contributed by atoms with Gasteiger partial charge in [-0.3, -0.25) is 9.59 Å². The van der Waals surface area contributed by atoms with Crippen LogP contribution in [0.2, 0.25) is 0 Å². The number of amides is 2. The van der Waals surface area contributed by atoms with Crippen LogP contribution in [0.1, 0.15) is 29.6 Å². The molecular weight excluding hydrogens is 374 g/mol. The van der Waals surface area contributed by atoms with Gasteiger partial charge in [-0.15, -0.1) is 0 Å². The lowest BCUT2D eigenvalue weighted by molar-refractivity contribution is -0.123. The van der Waals surface area contributed by atoms with Crippen molar-refractivity contribution < 1.29 is 14.3 Å². The van der Waals surface area contributed by atoms with E-state index in [9.17, 15) is 9.59 Å². The van der Waals surface area contributed by atoms with Gasteiger partial charge in [0, 0.05) is 17.6 Å². The van der Waals surface area contributed by atoms with Crippen molar-refractivity contribution in [2.45, 2.75) is 19.3 Å². The summed E-state index contributed by atoms with van der Waals surface area (Å²) in [6.45, 7) is 3.15. The first-order chi connectivity index (χ1) is 11.5. The van der Waals surface area contributed by atoms with E-state index < -0.39 is 0 Å². The molecule has 1 aliphatic heterocycles. The monoisotopic (exact) mass is 397 g/mol. The largest absolute Gasteiger partial charge is 0.497 e. The molecule has 0 aliphatic carbocycles. The summed E-state index contributed by atoms with van der Waals surface area (Å²) in [5.74, 6) is 0.264. The number of methoxy groups -OCH3 is 1. The van der Waals surface area contributed by atoms with Crippen LogP contribution in [-0.2, 0) is 4.79 Å². The second-order valence-electron chi connectivity index (χ2n) is 6.00. The summed E-state index contributed by atoms with van der Waals surface area (Å²) in [6.07, 6.45) is 2.71. The minimum atomic E-state index is -0.212. The fraction of sp³-hybridized carbons (Fsp3) is 0.529. The van der Waals surface area contributed by atoms with E-state index in [1.54, 1.807) is 25.3 Å². The minimum Gasteiger partial charge on any atom is -0.497 e. The van der Waals surface area contributed by atoms with Crippen LogP contribution in [0.5, 0.6) is 5.75 Å². The molecule has 1 saturated heterocycles. The number of benzene rings is 1. The van der Waals surface area contributed by atoms with Gasteiger partial charge in [0.1, 0.15) is 5.75 Å². The van der Waals surface area contributed by atoms with Crippen LogP contribution >= 0.6 is 15.9 Å². The molecule has 24 heavy (non-hydrogen) atoms. The Balaban J connectivity index is 1.76. The second kappa shape index (κ2) is 9.03. The predicted molar refractivity (Wildman–Crippen MR) is 96.0 cm³/mol. The Morgan fingerprint density at radius 2 is 2.25 bits per heavy atom. The highest BCUT2D eigenvalue weighted by Gasteiger charge is 2.23. The summed E-state index contributed by atoms with van der Waals surface area (Å²) >= 11 is 3.38. The van der Waals surface area contributed by atoms with Crippen LogP contribution in [0, 0.1) is 5.92 Å². The molecule has 7 heteroatoms. The van der Waals surface area contributed by atoms with Gasteiger partial charge < -0.3 is 20.7 Å². The van der Waals surface area contributed by atoms with Gasteiger partial charge in [0.05, 0.1) is 18.6 Å². The van der Waals surface area contributed by atoms with Crippen molar-refractivity contribution in [1.82, 2.24) is 10.2 Å². The molecule has 0 radical (unpaired) electrons. The maximum absolute atomic E-state index is 12.3. The number of carbonyl (C=O) groups is 2. The van der Waals surface area contributed by atoms with Gasteiger partial charge in [0.2, 0.25) is 5.91 Å². The first-order valence-electron chi connectivity index (χ1n) is 8.14. The van der Waals surface area contributed by atoms with E-state index in [0.717, 1.165) is 43.4 Å². The molecule has 6 nitrogen and oxygen atoms in total. The van der Waals surface area contributed by atoms with Gasteiger partial charge in [-0.05, 0) is 66.5 Å². The van der Waals surface area contributed by atoms with E-state index in [1.807, 2.05) is 0 Å². The molecule has 2 amide bonds.